The van der Waals surface area contributed by atoms with Crippen molar-refractivity contribution in [2.75, 3.05) is 40.0 Å². The molecule has 2 N–H and O–H groups in total. The molecule has 2 rings (SSSR count). The van der Waals surface area contributed by atoms with Crippen LogP contribution in [0.15, 0.2) is 28.7 Å². The van der Waals surface area contributed by atoms with Crippen molar-refractivity contribution in [1.82, 2.24) is 10.6 Å². The summed E-state index contributed by atoms with van der Waals surface area (Å²) in [5.41, 5.74) is 0.795. The normalized spacial score (nSPS) is 17.2. The van der Waals surface area contributed by atoms with Gasteiger partial charge in [-0.15, -0.1) is 0 Å². The molecule has 0 atom stereocenters. The van der Waals surface area contributed by atoms with Crippen LogP contribution in [0.5, 0.6) is 0 Å². The maximum atomic E-state index is 12.3. The standard InChI is InChI=1S/C16H23BrN2O3/c1-21-11-8-18-12-15(20)19-16(6-9-22-10-7-16)13-2-4-14(17)5-3-13/h2-5,18H,6-12H2,1H3,(H,19,20). The number of carbonyl (C=O) groups is 1. The molecule has 0 bridgehead atoms. The molecule has 1 fully saturated rings. The molecule has 0 aromatic heterocycles. The highest BCUT2D eigenvalue weighted by Crippen LogP contribution is 2.32. The molecule has 1 heterocycles. The third-order valence-electron chi connectivity index (χ3n) is 3.89. The van der Waals surface area contributed by atoms with Crippen molar-refractivity contribution >= 4 is 21.8 Å². The number of hydrogen-bond donors (Lipinski definition) is 2. The summed E-state index contributed by atoms with van der Waals surface area (Å²) in [6, 6.07) is 8.15. The van der Waals surface area contributed by atoms with Gasteiger partial charge in [0, 0.05) is 31.3 Å². The number of carbonyl (C=O) groups excluding carboxylic acids is 1. The smallest absolute Gasteiger partial charge is 0.234 e. The molecule has 5 nitrogen and oxygen atoms in total. The summed E-state index contributed by atoms with van der Waals surface area (Å²) < 4.78 is 11.5. The Labute approximate surface area is 139 Å². The highest BCUT2D eigenvalue weighted by Gasteiger charge is 2.35. The topological polar surface area (TPSA) is 59.6 Å². The second-order valence-corrected chi connectivity index (χ2v) is 6.33. The van der Waals surface area contributed by atoms with Gasteiger partial charge in [-0.25, -0.2) is 0 Å². The van der Waals surface area contributed by atoms with Gasteiger partial charge in [-0.3, -0.25) is 4.79 Å². The van der Waals surface area contributed by atoms with Gasteiger partial charge in [0.25, 0.3) is 0 Å². The van der Waals surface area contributed by atoms with Crippen molar-refractivity contribution < 1.29 is 14.3 Å². The molecule has 6 heteroatoms. The van der Waals surface area contributed by atoms with Gasteiger partial charge < -0.3 is 20.1 Å². The fourth-order valence-electron chi connectivity index (χ4n) is 2.66. The summed E-state index contributed by atoms with van der Waals surface area (Å²) in [6.07, 6.45) is 1.58. The van der Waals surface area contributed by atoms with Crippen LogP contribution >= 0.6 is 15.9 Å². The van der Waals surface area contributed by atoms with E-state index in [9.17, 15) is 4.79 Å². The lowest BCUT2D eigenvalue weighted by molar-refractivity contribution is -0.123. The average Bonchev–Trinajstić information content (AvgIpc) is 2.53. The molecule has 0 saturated carbocycles. The lowest BCUT2D eigenvalue weighted by atomic mass is 9.82. The van der Waals surface area contributed by atoms with Crippen molar-refractivity contribution in [3.8, 4) is 0 Å². The second-order valence-electron chi connectivity index (χ2n) is 5.42. The van der Waals surface area contributed by atoms with Gasteiger partial charge in [0.15, 0.2) is 0 Å². The average molecular weight is 371 g/mol. The van der Waals surface area contributed by atoms with Crippen LogP contribution in [0.25, 0.3) is 0 Å². The third kappa shape index (κ3) is 4.78. The van der Waals surface area contributed by atoms with Crippen LogP contribution < -0.4 is 10.6 Å². The monoisotopic (exact) mass is 370 g/mol. The summed E-state index contributed by atoms with van der Waals surface area (Å²) in [4.78, 5) is 12.3. The molecular weight excluding hydrogens is 348 g/mol. The summed E-state index contributed by atoms with van der Waals surface area (Å²) in [5, 5.41) is 6.29. The minimum absolute atomic E-state index is 0.000854. The maximum absolute atomic E-state index is 12.3. The van der Waals surface area contributed by atoms with E-state index >= 15 is 0 Å². The van der Waals surface area contributed by atoms with Crippen LogP contribution in [0, 0.1) is 0 Å². The highest BCUT2D eigenvalue weighted by atomic mass is 79.9. The predicted octanol–water partition coefficient (Wildman–Crippen LogP) is 1.81. The highest BCUT2D eigenvalue weighted by molar-refractivity contribution is 9.10. The number of halogens is 1. The van der Waals surface area contributed by atoms with Gasteiger partial charge >= 0.3 is 0 Å². The Balaban J connectivity index is 2.02. The zero-order valence-corrected chi connectivity index (χ0v) is 14.4. The molecule has 22 heavy (non-hydrogen) atoms. The summed E-state index contributed by atoms with van der Waals surface area (Å²) >= 11 is 3.45. The van der Waals surface area contributed by atoms with Crippen LogP contribution in [0.4, 0.5) is 0 Å². The first kappa shape index (κ1) is 17.4. The molecule has 0 radical (unpaired) electrons. The first-order chi connectivity index (χ1) is 10.7. The Morgan fingerprint density at radius 1 is 1.32 bits per heavy atom. The largest absolute Gasteiger partial charge is 0.383 e. The Morgan fingerprint density at radius 3 is 2.64 bits per heavy atom. The molecule has 0 spiro atoms. The Kier molecular flexibility index (Phi) is 6.82. The fourth-order valence-corrected chi connectivity index (χ4v) is 2.93. The molecule has 1 aromatic carbocycles. The van der Waals surface area contributed by atoms with Gasteiger partial charge in [-0.2, -0.15) is 0 Å². The molecule has 0 unspecified atom stereocenters. The van der Waals surface area contributed by atoms with E-state index in [4.69, 9.17) is 9.47 Å². The minimum Gasteiger partial charge on any atom is -0.383 e. The van der Waals surface area contributed by atoms with Crippen LogP contribution in [-0.2, 0) is 19.8 Å². The molecule has 122 valence electrons. The maximum Gasteiger partial charge on any atom is 0.234 e. The van der Waals surface area contributed by atoms with E-state index in [0.717, 1.165) is 22.9 Å². The zero-order chi connectivity index (χ0) is 15.8. The van der Waals surface area contributed by atoms with Gasteiger partial charge in [-0.1, -0.05) is 28.1 Å². The van der Waals surface area contributed by atoms with Gasteiger partial charge in [0.1, 0.15) is 0 Å². The molecule has 1 aromatic rings. The van der Waals surface area contributed by atoms with Crippen molar-refractivity contribution in [2.24, 2.45) is 0 Å². The van der Waals surface area contributed by atoms with Crippen molar-refractivity contribution in [2.45, 2.75) is 18.4 Å². The quantitative estimate of drug-likeness (QED) is 0.718. The Bertz CT molecular complexity index is 473. The van der Waals surface area contributed by atoms with E-state index < -0.39 is 0 Å². The molecule has 1 amide bonds. The van der Waals surface area contributed by atoms with Crippen molar-refractivity contribution in [1.29, 1.82) is 0 Å². The third-order valence-corrected chi connectivity index (χ3v) is 4.42. The zero-order valence-electron chi connectivity index (χ0n) is 12.9. The van der Waals surface area contributed by atoms with E-state index in [0.29, 0.717) is 32.9 Å². The van der Waals surface area contributed by atoms with Gasteiger partial charge in [0.05, 0.1) is 18.7 Å². The number of amides is 1. The number of nitrogens with one attached hydrogen (secondary N) is 2. The Morgan fingerprint density at radius 2 is 2.00 bits per heavy atom. The molecule has 0 aliphatic carbocycles. The molecule has 1 aliphatic heterocycles. The van der Waals surface area contributed by atoms with Crippen molar-refractivity contribution in [3.05, 3.63) is 34.3 Å². The SMILES string of the molecule is COCCNCC(=O)NC1(c2ccc(Br)cc2)CCOCC1. The lowest BCUT2D eigenvalue weighted by Gasteiger charge is -2.38. The lowest BCUT2D eigenvalue weighted by Crippen LogP contribution is -2.51. The second kappa shape index (κ2) is 8.62. The van der Waals surface area contributed by atoms with Crippen LogP contribution in [0.2, 0.25) is 0 Å². The minimum atomic E-state index is -0.334. The van der Waals surface area contributed by atoms with E-state index in [1.54, 1.807) is 7.11 Å². The van der Waals surface area contributed by atoms with Crippen molar-refractivity contribution in [3.63, 3.8) is 0 Å². The number of hydrogen-bond acceptors (Lipinski definition) is 4. The summed E-state index contributed by atoms with van der Waals surface area (Å²) in [5.74, 6) is 0.000854. The van der Waals surface area contributed by atoms with Crippen LogP contribution in [-0.4, -0.2) is 45.9 Å². The first-order valence-electron chi connectivity index (χ1n) is 7.51. The van der Waals surface area contributed by atoms with Crippen LogP contribution in [0.3, 0.4) is 0 Å². The van der Waals surface area contributed by atoms with Gasteiger partial charge in [0.2, 0.25) is 5.91 Å². The van der Waals surface area contributed by atoms with E-state index in [-0.39, 0.29) is 11.4 Å². The molecule has 1 aliphatic rings. The number of benzene rings is 1. The van der Waals surface area contributed by atoms with E-state index in [1.807, 2.05) is 12.1 Å². The first-order valence-corrected chi connectivity index (χ1v) is 8.30. The molecule has 1 saturated heterocycles. The summed E-state index contributed by atoms with van der Waals surface area (Å²) in [6.45, 7) is 2.88. The van der Waals surface area contributed by atoms with Crippen LogP contribution in [0.1, 0.15) is 18.4 Å². The number of methoxy groups -OCH3 is 1. The fraction of sp³-hybridized carbons (Fsp3) is 0.562. The summed E-state index contributed by atoms with van der Waals surface area (Å²) in [7, 11) is 1.65. The number of rotatable bonds is 7. The van der Waals surface area contributed by atoms with Gasteiger partial charge in [-0.05, 0) is 30.5 Å². The predicted molar refractivity (Wildman–Crippen MR) is 88.8 cm³/mol. The van der Waals surface area contributed by atoms with E-state index in [2.05, 4.69) is 38.7 Å². The van der Waals surface area contributed by atoms with E-state index in [1.165, 1.54) is 0 Å². The number of ether oxygens (including phenoxy) is 2. The Hall–Kier alpha value is -0.950. The molecular formula is C16H23BrN2O3.